The standard InChI is InChI=1S/C12H23NO3/c1-5-16-12(15)9-11(14)13(4)8-6-7-10(2)3/h10H,5-9H2,1-4H3. The van der Waals surface area contributed by atoms with Crippen molar-refractivity contribution in [3.8, 4) is 0 Å². The van der Waals surface area contributed by atoms with Gasteiger partial charge in [-0.05, 0) is 25.7 Å². The van der Waals surface area contributed by atoms with Gasteiger partial charge in [-0.2, -0.15) is 0 Å². The highest BCUT2D eigenvalue weighted by atomic mass is 16.5. The van der Waals surface area contributed by atoms with Gasteiger partial charge in [0.2, 0.25) is 5.91 Å². The summed E-state index contributed by atoms with van der Waals surface area (Å²) in [4.78, 5) is 24.2. The van der Waals surface area contributed by atoms with Gasteiger partial charge in [0, 0.05) is 13.6 Å². The zero-order chi connectivity index (χ0) is 12.6. The molecule has 0 fully saturated rings. The quantitative estimate of drug-likeness (QED) is 0.494. The second-order valence-corrected chi connectivity index (χ2v) is 4.33. The Morgan fingerprint density at radius 1 is 1.31 bits per heavy atom. The first-order chi connectivity index (χ1) is 7.47. The van der Waals surface area contributed by atoms with E-state index in [0.717, 1.165) is 12.8 Å². The van der Waals surface area contributed by atoms with Crippen LogP contribution in [0.3, 0.4) is 0 Å². The van der Waals surface area contributed by atoms with Gasteiger partial charge in [0.15, 0.2) is 0 Å². The van der Waals surface area contributed by atoms with E-state index >= 15 is 0 Å². The molecule has 0 aliphatic rings. The minimum absolute atomic E-state index is 0.147. The van der Waals surface area contributed by atoms with Gasteiger partial charge in [-0.15, -0.1) is 0 Å². The molecule has 0 aromatic carbocycles. The lowest BCUT2D eigenvalue weighted by Gasteiger charge is -2.17. The molecule has 94 valence electrons. The van der Waals surface area contributed by atoms with Crippen molar-refractivity contribution in [2.45, 2.75) is 40.0 Å². The van der Waals surface area contributed by atoms with Crippen LogP contribution in [-0.2, 0) is 14.3 Å². The average molecular weight is 229 g/mol. The van der Waals surface area contributed by atoms with E-state index in [1.807, 2.05) is 0 Å². The van der Waals surface area contributed by atoms with Crippen LogP contribution in [0.25, 0.3) is 0 Å². The third kappa shape index (κ3) is 7.26. The highest BCUT2D eigenvalue weighted by Crippen LogP contribution is 2.05. The summed E-state index contributed by atoms with van der Waals surface area (Å²) >= 11 is 0. The summed E-state index contributed by atoms with van der Waals surface area (Å²) < 4.78 is 4.72. The van der Waals surface area contributed by atoms with E-state index in [1.54, 1.807) is 18.9 Å². The number of carbonyl (C=O) groups excluding carboxylic acids is 2. The van der Waals surface area contributed by atoms with Gasteiger partial charge < -0.3 is 9.64 Å². The van der Waals surface area contributed by atoms with Gasteiger partial charge in [0.05, 0.1) is 6.61 Å². The molecule has 0 bridgehead atoms. The summed E-state index contributed by atoms with van der Waals surface area (Å²) in [5.74, 6) is 0.0407. The number of rotatable bonds is 7. The van der Waals surface area contributed by atoms with Crippen molar-refractivity contribution < 1.29 is 14.3 Å². The van der Waals surface area contributed by atoms with E-state index in [1.165, 1.54) is 0 Å². The highest BCUT2D eigenvalue weighted by Gasteiger charge is 2.14. The van der Waals surface area contributed by atoms with E-state index in [-0.39, 0.29) is 12.3 Å². The van der Waals surface area contributed by atoms with Crippen LogP contribution in [0.1, 0.15) is 40.0 Å². The van der Waals surface area contributed by atoms with Crippen LogP contribution >= 0.6 is 0 Å². The van der Waals surface area contributed by atoms with Gasteiger partial charge in [0.1, 0.15) is 6.42 Å². The number of ether oxygens (including phenoxy) is 1. The lowest BCUT2D eigenvalue weighted by molar-refractivity contribution is -0.148. The van der Waals surface area contributed by atoms with Crippen molar-refractivity contribution in [3.05, 3.63) is 0 Å². The monoisotopic (exact) mass is 229 g/mol. The number of nitrogens with zero attached hydrogens (tertiary/aromatic N) is 1. The van der Waals surface area contributed by atoms with Crippen LogP contribution in [0.2, 0.25) is 0 Å². The van der Waals surface area contributed by atoms with Crippen molar-refractivity contribution >= 4 is 11.9 Å². The fourth-order valence-corrected chi connectivity index (χ4v) is 1.33. The second kappa shape index (κ2) is 8.13. The number of amides is 1. The summed E-state index contributed by atoms with van der Waals surface area (Å²) in [6.07, 6.45) is 1.92. The molecule has 0 saturated carbocycles. The number of esters is 1. The third-order valence-electron chi connectivity index (χ3n) is 2.30. The Kier molecular flexibility index (Phi) is 7.60. The Balaban J connectivity index is 3.77. The van der Waals surface area contributed by atoms with E-state index < -0.39 is 5.97 Å². The van der Waals surface area contributed by atoms with E-state index in [0.29, 0.717) is 19.1 Å². The van der Waals surface area contributed by atoms with Crippen molar-refractivity contribution in [1.29, 1.82) is 0 Å². The van der Waals surface area contributed by atoms with Gasteiger partial charge >= 0.3 is 5.97 Å². The van der Waals surface area contributed by atoms with Crippen molar-refractivity contribution in [1.82, 2.24) is 4.90 Å². The predicted molar refractivity (Wildman–Crippen MR) is 63.0 cm³/mol. The van der Waals surface area contributed by atoms with Crippen LogP contribution in [0, 0.1) is 5.92 Å². The summed E-state index contributed by atoms with van der Waals surface area (Å²) in [5, 5.41) is 0. The number of hydrogen-bond donors (Lipinski definition) is 0. The average Bonchev–Trinajstić information content (AvgIpc) is 2.17. The fraction of sp³-hybridized carbons (Fsp3) is 0.833. The molecule has 0 unspecified atom stereocenters. The molecule has 0 aromatic heterocycles. The number of carbonyl (C=O) groups is 2. The van der Waals surface area contributed by atoms with Crippen molar-refractivity contribution in [2.24, 2.45) is 5.92 Å². The molecular formula is C12H23NO3. The first-order valence-electron chi connectivity index (χ1n) is 5.87. The van der Waals surface area contributed by atoms with Crippen LogP contribution < -0.4 is 0 Å². The van der Waals surface area contributed by atoms with Gasteiger partial charge in [0.25, 0.3) is 0 Å². The summed E-state index contributed by atoms with van der Waals surface area (Å²) in [6, 6.07) is 0. The number of hydrogen-bond acceptors (Lipinski definition) is 3. The van der Waals surface area contributed by atoms with E-state index in [9.17, 15) is 9.59 Å². The Morgan fingerprint density at radius 3 is 2.44 bits per heavy atom. The van der Waals surface area contributed by atoms with Crippen molar-refractivity contribution in [2.75, 3.05) is 20.2 Å². The topological polar surface area (TPSA) is 46.6 Å². The molecular weight excluding hydrogens is 206 g/mol. The largest absolute Gasteiger partial charge is 0.466 e. The lowest BCUT2D eigenvalue weighted by atomic mass is 10.1. The van der Waals surface area contributed by atoms with Crippen LogP contribution in [0.5, 0.6) is 0 Å². The molecule has 16 heavy (non-hydrogen) atoms. The smallest absolute Gasteiger partial charge is 0.315 e. The molecule has 0 saturated heterocycles. The molecule has 4 nitrogen and oxygen atoms in total. The van der Waals surface area contributed by atoms with Gasteiger partial charge in [-0.25, -0.2) is 0 Å². The summed E-state index contributed by atoms with van der Waals surface area (Å²) in [5.41, 5.74) is 0. The fourth-order valence-electron chi connectivity index (χ4n) is 1.33. The molecule has 0 aliphatic carbocycles. The van der Waals surface area contributed by atoms with Gasteiger partial charge in [-0.3, -0.25) is 9.59 Å². The maximum absolute atomic E-state index is 11.5. The predicted octanol–water partition coefficient (Wildman–Crippen LogP) is 1.83. The second-order valence-electron chi connectivity index (χ2n) is 4.33. The van der Waals surface area contributed by atoms with Gasteiger partial charge in [-0.1, -0.05) is 13.8 Å². The molecule has 0 radical (unpaired) electrons. The molecule has 0 N–H and O–H groups in total. The minimum atomic E-state index is -0.441. The molecule has 0 rings (SSSR count). The Morgan fingerprint density at radius 2 is 1.94 bits per heavy atom. The molecule has 0 aliphatic heterocycles. The molecule has 1 amide bonds. The molecule has 0 spiro atoms. The van der Waals surface area contributed by atoms with Crippen LogP contribution in [0.4, 0.5) is 0 Å². The Bertz CT molecular complexity index is 226. The van der Waals surface area contributed by atoms with E-state index in [4.69, 9.17) is 4.74 Å². The molecule has 0 atom stereocenters. The summed E-state index contributed by atoms with van der Waals surface area (Å²) in [7, 11) is 1.72. The van der Waals surface area contributed by atoms with Crippen LogP contribution in [-0.4, -0.2) is 37.0 Å². The first kappa shape index (κ1) is 14.9. The molecule has 0 heterocycles. The zero-order valence-electron chi connectivity index (χ0n) is 10.8. The normalized spacial score (nSPS) is 10.3. The lowest BCUT2D eigenvalue weighted by Crippen LogP contribution is -2.30. The van der Waals surface area contributed by atoms with Crippen LogP contribution in [0.15, 0.2) is 0 Å². The Hall–Kier alpha value is -1.06. The molecule has 4 heteroatoms. The van der Waals surface area contributed by atoms with Crippen molar-refractivity contribution in [3.63, 3.8) is 0 Å². The summed E-state index contributed by atoms with van der Waals surface area (Å²) in [6.45, 7) is 7.06. The minimum Gasteiger partial charge on any atom is -0.466 e. The first-order valence-corrected chi connectivity index (χ1v) is 5.87. The zero-order valence-corrected chi connectivity index (χ0v) is 10.8. The van der Waals surface area contributed by atoms with E-state index in [2.05, 4.69) is 13.8 Å². The third-order valence-corrected chi connectivity index (χ3v) is 2.30. The Labute approximate surface area is 98.0 Å². The highest BCUT2D eigenvalue weighted by molar-refractivity contribution is 5.94. The maximum atomic E-state index is 11.5. The molecule has 0 aromatic rings. The maximum Gasteiger partial charge on any atom is 0.315 e. The SMILES string of the molecule is CCOC(=O)CC(=O)N(C)CCCC(C)C.